The van der Waals surface area contributed by atoms with Gasteiger partial charge in [-0.1, -0.05) is 23.4 Å². The van der Waals surface area contributed by atoms with E-state index in [4.69, 9.17) is 4.52 Å². The van der Waals surface area contributed by atoms with Crippen LogP contribution in [-0.2, 0) is 23.0 Å². The summed E-state index contributed by atoms with van der Waals surface area (Å²) in [6, 6.07) is 6.88. The Hall–Kier alpha value is -1.77. The minimum absolute atomic E-state index is 0.207. The largest absolute Gasteiger partial charge is 0.340 e. The Kier molecular flexibility index (Phi) is 4.83. The predicted octanol–water partition coefficient (Wildman–Crippen LogP) is 0.310. The molecule has 20 heavy (non-hydrogen) atoms. The van der Waals surface area contributed by atoms with Crippen molar-refractivity contribution < 1.29 is 12.9 Å². The highest BCUT2D eigenvalue weighted by Crippen LogP contribution is 2.14. The van der Waals surface area contributed by atoms with E-state index in [1.54, 1.807) is 25.2 Å². The maximum atomic E-state index is 12.3. The molecule has 0 aliphatic carbocycles. The molecular formula is C12H16N4O3S. The number of hydrogen-bond acceptors (Lipinski definition) is 6. The van der Waals surface area contributed by atoms with Gasteiger partial charge in [0.15, 0.2) is 6.33 Å². The van der Waals surface area contributed by atoms with Crippen LogP contribution >= 0.6 is 0 Å². The minimum atomic E-state index is -3.55. The molecule has 0 bridgehead atoms. The zero-order valence-electron chi connectivity index (χ0n) is 11.0. The molecule has 0 saturated heterocycles. The monoisotopic (exact) mass is 296 g/mol. The number of hydrogen-bond donors (Lipinski definition) is 2. The van der Waals surface area contributed by atoms with Crippen LogP contribution in [-0.4, -0.2) is 32.2 Å². The average Bonchev–Trinajstić information content (AvgIpc) is 2.92. The lowest BCUT2D eigenvalue weighted by molar-refractivity contribution is 0.377. The second-order valence-electron chi connectivity index (χ2n) is 4.12. The number of nitrogens with one attached hydrogen (secondary N) is 2. The normalized spacial score (nSPS) is 11.7. The van der Waals surface area contributed by atoms with E-state index in [1.165, 1.54) is 6.33 Å². The Balaban J connectivity index is 2.06. The second kappa shape index (κ2) is 6.60. The summed E-state index contributed by atoms with van der Waals surface area (Å²) in [5, 5.41) is 6.41. The Morgan fingerprint density at radius 2 is 2.10 bits per heavy atom. The summed E-state index contributed by atoms with van der Waals surface area (Å²) >= 11 is 0. The van der Waals surface area contributed by atoms with Crippen molar-refractivity contribution in [1.82, 2.24) is 20.2 Å². The van der Waals surface area contributed by atoms with E-state index < -0.39 is 10.0 Å². The van der Waals surface area contributed by atoms with Gasteiger partial charge in [-0.2, -0.15) is 4.98 Å². The van der Waals surface area contributed by atoms with E-state index in [0.29, 0.717) is 18.9 Å². The van der Waals surface area contributed by atoms with Gasteiger partial charge in [-0.3, -0.25) is 0 Å². The number of nitrogens with zero attached hydrogens (tertiary/aromatic N) is 2. The summed E-state index contributed by atoms with van der Waals surface area (Å²) in [5.74, 6) is 0.399. The highest BCUT2D eigenvalue weighted by Gasteiger charge is 2.17. The van der Waals surface area contributed by atoms with Crippen LogP contribution in [0.4, 0.5) is 0 Å². The van der Waals surface area contributed by atoms with Crippen molar-refractivity contribution in [2.45, 2.75) is 17.9 Å². The smallest absolute Gasteiger partial charge is 0.240 e. The summed E-state index contributed by atoms with van der Waals surface area (Å²) in [4.78, 5) is 4.11. The summed E-state index contributed by atoms with van der Waals surface area (Å²) < 4.78 is 31.8. The molecule has 2 rings (SSSR count). The lowest BCUT2D eigenvalue weighted by atomic mass is 10.2. The molecule has 0 aliphatic rings. The molecule has 2 aromatic rings. The maximum absolute atomic E-state index is 12.3. The van der Waals surface area contributed by atoms with E-state index in [9.17, 15) is 8.42 Å². The quantitative estimate of drug-likeness (QED) is 0.763. The van der Waals surface area contributed by atoms with Gasteiger partial charge in [0.25, 0.3) is 0 Å². The fraction of sp³-hybridized carbons (Fsp3) is 0.333. The standard InChI is InChI=1S/C12H16N4O3S/c1-13-8-10-4-2-3-5-11(10)20(17,18)16-7-6-12-14-9-15-19-12/h2-5,9,13,16H,6-8H2,1H3. The van der Waals surface area contributed by atoms with Crippen LogP contribution in [0.3, 0.4) is 0 Å². The minimum Gasteiger partial charge on any atom is -0.340 e. The van der Waals surface area contributed by atoms with E-state index in [2.05, 4.69) is 20.2 Å². The van der Waals surface area contributed by atoms with Gasteiger partial charge in [0, 0.05) is 19.5 Å². The summed E-state index contributed by atoms with van der Waals surface area (Å²) in [7, 11) is -1.78. The highest BCUT2D eigenvalue weighted by atomic mass is 32.2. The zero-order chi connectivity index (χ0) is 14.4. The molecule has 108 valence electrons. The van der Waals surface area contributed by atoms with Gasteiger partial charge in [-0.25, -0.2) is 13.1 Å². The molecule has 7 nitrogen and oxygen atoms in total. The first-order valence-corrected chi connectivity index (χ1v) is 7.59. The van der Waals surface area contributed by atoms with Crippen molar-refractivity contribution in [3.05, 3.63) is 42.0 Å². The van der Waals surface area contributed by atoms with Gasteiger partial charge in [-0.15, -0.1) is 0 Å². The molecule has 1 aromatic carbocycles. The first-order valence-electron chi connectivity index (χ1n) is 6.11. The van der Waals surface area contributed by atoms with Crippen LogP contribution in [0, 0.1) is 0 Å². The molecule has 2 N–H and O–H groups in total. The SMILES string of the molecule is CNCc1ccccc1S(=O)(=O)NCCc1ncno1. The van der Waals surface area contributed by atoms with E-state index in [0.717, 1.165) is 5.56 Å². The van der Waals surface area contributed by atoms with Gasteiger partial charge in [0.2, 0.25) is 15.9 Å². The average molecular weight is 296 g/mol. The Morgan fingerprint density at radius 3 is 2.80 bits per heavy atom. The third-order valence-electron chi connectivity index (χ3n) is 2.67. The molecule has 0 saturated carbocycles. The molecule has 0 unspecified atom stereocenters. The number of sulfonamides is 1. The zero-order valence-corrected chi connectivity index (χ0v) is 11.9. The van der Waals surface area contributed by atoms with Crippen molar-refractivity contribution in [3.8, 4) is 0 Å². The van der Waals surface area contributed by atoms with Gasteiger partial charge < -0.3 is 9.84 Å². The molecule has 8 heteroatoms. The van der Waals surface area contributed by atoms with Gasteiger partial charge in [0.1, 0.15) is 0 Å². The van der Waals surface area contributed by atoms with Crippen LogP contribution in [0.1, 0.15) is 11.5 Å². The molecule has 0 fully saturated rings. The third kappa shape index (κ3) is 3.62. The second-order valence-corrected chi connectivity index (χ2v) is 5.86. The molecule has 1 aromatic heterocycles. The fourth-order valence-corrected chi connectivity index (χ4v) is 3.05. The molecule has 0 radical (unpaired) electrons. The number of aromatic nitrogens is 2. The Bertz CT molecular complexity index is 640. The van der Waals surface area contributed by atoms with Crippen molar-refractivity contribution in [2.24, 2.45) is 0 Å². The summed E-state index contributed by atoms with van der Waals surface area (Å²) in [6.45, 7) is 0.694. The van der Waals surface area contributed by atoms with Crippen molar-refractivity contribution in [2.75, 3.05) is 13.6 Å². The van der Waals surface area contributed by atoms with Crippen LogP contribution in [0.15, 0.2) is 40.0 Å². The van der Waals surface area contributed by atoms with Crippen molar-refractivity contribution in [1.29, 1.82) is 0 Å². The topological polar surface area (TPSA) is 97.1 Å². The first-order chi connectivity index (χ1) is 9.63. The van der Waals surface area contributed by atoms with Gasteiger partial charge in [-0.05, 0) is 18.7 Å². The predicted molar refractivity (Wildman–Crippen MR) is 72.4 cm³/mol. The van der Waals surface area contributed by atoms with Crippen molar-refractivity contribution >= 4 is 10.0 Å². The van der Waals surface area contributed by atoms with Crippen LogP contribution in [0.2, 0.25) is 0 Å². The number of benzene rings is 1. The first kappa shape index (κ1) is 14.6. The molecule has 0 spiro atoms. The van der Waals surface area contributed by atoms with Crippen LogP contribution in [0.25, 0.3) is 0 Å². The molecule has 0 amide bonds. The van der Waals surface area contributed by atoms with Crippen LogP contribution < -0.4 is 10.0 Å². The lowest BCUT2D eigenvalue weighted by Crippen LogP contribution is -2.27. The number of rotatable bonds is 7. The lowest BCUT2D eigenvalue weighted by Gasteiger charge is -2.10. The molecular weight excluding hydrogens is 280 g/mol. The maximum Gasteiger partial charge on any atom is 0.240 e. The fourth-order valence-electron chi connectivity index (χ4n) is 1.78. The van der Waals surface area contributed by atoms with E-state index in [1.807, 2.05) is 6.07 Å². The molecule has 1 heterocycles. The van der Waals surface area contributed by atoms with Gasteiger partial charge in [0.05, 0.1) is 4.90 Å². The summed E-state index contributed by atoms with van der Waals surface area (Å²) in [6.07, 6.45) is 1.64. The summed E-state index contributed by atoms with van der Waals surface area (Å²) in [5.41, 5.74) is 0.722. The highest BCUT2D eigenvalue weighted by molar-refractivity contribution is 7.89. The third-order valence-corrected chi connectivity index (χ3v) is 4.23. The molecule has 0 atom stereocenters. The van der Waals surface area contributed by atoms with Crippen molar-refractivity contribution in [3.63, 3.8) is 0 Å². The molecule has 0 aliphatic heterocycles. The van der Waals surface area contributed by atoms with E-state index >= 15 is 0 Å². The Labute approximate surface area is 117 Å². The van der Waals surface area contributed by atoms with Crippen LogP contribution in [0.5, 0.6) is 0 Å². The van der Waals surface area contributed by atoms with Gasteiger partial charge >= 0.3 is 0 Å². The van der Waals surface area contributed by atoms with E-state index in [-0.39, 0.29) is 11.4 Å². The Morgan fingerprint density at radius 1 is 1.30 bits per heavy atom.